The lowest BCUT2D eigenvalue weighted by Crippen LogP contribution is -2.28. The molecule has 140 valence electrons. The number of fused-ring (bicyclic) bond motifs is 1. The number of benzene rings is 1. The summed E-state index contributed by atoms with van der Waals surface area (Å²) in [5.74, 6) is 0.770. The highest BCUT2D eigenvalue weighted by atomic mass is 35.5. The van der Waals surface area contributed by atoms with E-state index in [0.717, 1.165) is 48.7 Å². The van der Waals surface area contributed by atoms with Gasteiger partial charge in [-0.25, -0.2) is 4.98 Å². The molecule has 3 aromatic heterocycles. The van der Waals surface area contributed by atoms with Crippen LogP contribution in [0.25, 0.3) is 27.9 Å². The number of nitrogens with one attached hydrogen (secondary N) is 1. The van der Waals surface area contributed by atoms with Gasteiger partial charge < -0.3 is 9.51 Å². The molecular weight excluding hydrogens is 372 g/mol. The Kier molecular flexibility index (Phi) is 4.47. The summed E-state index contributed by atoms with van der Waals surface area (Å²) in [5, 5.41) is 6.14. The summed E-state index contributed by atoms with van der Waals surface area (Å²) >= 11 is 5.95. The maximum atomic E-state index is 5.95. The van der Waals surface area contributed by atoms with Gasteiger partial charge in [-0.05, 0) is 48.4 Å². The molecule has 1 aliphatic heterocycles. The standard InChI is InChI=1S/C22H19ClN4O/c23-17-5-3-16(4-6-17)21-12-18(26-28-21)14-27-10-7-15(8-11-27)20-13-25-22-19(20)2-1-9-24-22/h1-7,9,12-13H,8,10-11,14H2,(H,24,25). The van der Waals surface area contributed by atoms with Crippen LogP contribution in [-0.4, -0.2) is 33.1 Å². The molecule has 0 atom stereocenters. The molecule has 28 heavy (non-hydrogen) atoms. The molecule has 0 amide bonds. The van der Waals surface area contributed by atoms with Gasteiger partial charge in [0.2, 0.25) is 0 Å². The number of aromatic amines is 1. The monoisotopic (exact) mass is 390 g/mol. The quantitative estimate of drug-likeness (QED) is 0.522. The minimum absolute atomic E-state index is 0.713. The SMILES string of the molecule is Clc1ccc(-c2cc(CN3CC=C(c4c[nH]c5ncccc45)CC3)no2)cc1. The number of pyridine rings is 1. The van der Waals surface area contributed by atoms with Crippen LogP contribution in [0.15, 0.2) is 65.5 Å². The summed E-state index contributed by atoms with van der Waals surface area (Å²) in [6, 6.07) is 13.7. The van der Waals surface area contributed by atoms with E-state index in [1.807, 2.05) is 42.6 Å². The second kappa shape index (κ2) is 7.26. The molecule has 0 bridgehead atoms. The Morgan fingerprint density at radius 3 is 2.89 bits per heavy atom. The minimum Gasteiger partial charge on any atom is -0.356 e. The number of halogens is 1. The molecule has 0 radical (unpaired) electrons. The summed E-state index contributed by atoms with van der Waals surface area (Å²) in [4.78, 5) is 10.0. The summed E-state index contributed by atoms with van der Waals surface area (Å²) in [5.41, 5.74) is 5.50. The summed E-state index contributed by atoms with van der Waals surface area (Å²) in [6.45, 7) is 2.66. The van der Waals surface area contributed by atoms with Gasteiger partial charge in [0.15, 0.2) is 5.76 Å². The first-order valence-electron chi connectivity index (χ1n) is 9.32. The van der Waals surface area contributed by atoms with Crippen LogP contribution in [0.1, 0.15) is 17.7 Å². The Hall–Kier alpha value is -2.89. The fourth-order valence-electron chi connectivity index (χ4n) is 3.69. The van der Waals surface area contributed by atoms with Crippen LogP contribution in [0.3, 0.4) is 0 Å². The number of H-pyrrole nitrogens is 1. The van der Waals surface area contributed by atoms with Crippen LogP contribution in [0.4, 0.5) is 0 Å². The molecule has 0 saturated carbocycles. The molecule has 5 rings (SSSR count). The van der Waals surface area contributed by atoms with Crippen LogP contribution in [-0.2, 0) is 6.54 Å². The van der Waals surface area contributed by atoms with Crippen molar-refractivity contribution in [2.24, 2.45) is 0 Å². The van der Waals surface area contributed by atoms with Crippen LogP contribution < -0.4 is 0 Å². The number of hydrogen-bond donors (Lipinski definition) is 1. The van der Waals surface area contributed by atoms with Gasteiger partial charge in [0, 0.05) is 59.6 Å². The molecule has 0 unspecified atom stereocenters. The van der Waals surface area contributed by atoms with Crippen LogP contribution in [0.2, 0.25) is 5.02 Å². The van der Waals surface area contributed by atoms with Gasteiger partial charge in [-0.15, -0.1) is 0 Å². The second-order valence-electron chi connectivity index (χ2n) is 7.01. The van der Waals surface area contributed by atoms with Gasteiger partial charge in [0.1, 0.15) is 5.65 Å². The number of rotatable bonds is 4. The largest absolute Gasteiger partial charge is 0.356 e. The van der Waals surface area contributed by atoms with Crippen LogP contribution in [0, 0.1) is 0 Å². The fourth-order valence-corrected chi connectivity index (χ4v) is 3.81. The van der Waals surface area contributed by atoms with Gasteiger partial charge in [-0.1, -0.05) is 22.8 Å². The first-order valence-corrected chi connectivity index (χ1v) is 9.69. The van der Waals surface area contributed by atoms with E-state index >= 15 is 0 Å². The van der Waals surface area contributed by atoms with Crippen molar-refractivity contribution in [3.8, 4) is 11.3 Å². The molecule has 5 nitrogen and oxygen atoms in total. The highest BCUT2D eigenvalue weighted by Gasteiger charge is 2.17. The summed E-state index contributed by atoms with van der Waals surface area (Å²) < 4.78 is 5.51. The molecule has 1 aromatic carbocycles. The van der Waals surface area contributed by atoms with Crippen molar-refractivity contribution in [2.75, 3.05) is 13.1 Å². The predicted octanol–water partition coefficient (Wildman–Crippen LogP) is 5.16. The molecule has 0 aliphatic carbocycles. The van der Waals surface area contributed by atoms with E-state index in [1.54, 1.807) is 0 Å². The first-order chi connectivity index (χ1) is 13.8. The Balaban J connectivity index is 1.28. The maximum absolute atomic E-state index is 5.95. The normalized spacial score (nSPS) is 15.1. The van der Waals surface area contributed by atoms with E-state index < -0.39 is 0 Å². The van der Waals surface area contributed by atoms with Crippen molar-refractivity contribution in [2.45, 2.75) is 13.0 Å². The molecule has 1 aliphatic rings. The van der Waals surface area contributed by atoms with Gasteiger partial charge in [-0.3, -0.25) is 4.90 Å². The lowest BCUT2D eigenvalue weighted by molar-refractivity contribution is 0.282. The zero-order valence-electron chi connectivity index (χ0n) is 15.2. The van der Waals surface area contributed by atoms with Gasteiger partial charge in [0.05, 0.1) is 5.69 Å². The molecule has 0 fully saturated rings. The lowest BCUT2D eigenvalue weighted by Gasteiger charge is -2.25. The van der Waals surface area contributed by atoms with Gasteiger partial charge in [0.25, 0.3) is 0 Å². The van der Waals surface area contributed by atoms with E-state index in [4.69, 9.17) is 16.1 Å². The van der Waals surface area contributed by atoms with E-state index in [1.165, 1.54) is 16.5 Å². The van der Waals surface area contributed by atoms with Crippen LogP contribution >= 0.6 is 11.6 Å². The zero-order valence-corrected chi connectivity index (χ0v) is 16.0. The molecule has 6 heteroatoms. The second-order valence-corrected chi connectivity index (χ2v) is 7.44. The smallest absolute Gasteiger partial charge is 0.167 e. The number of hydrogen-bond acceptors (Lipinski definition) is 4. The number of aromatic nitrogens is 3. The van der Waals surface area contributed by atoms with E-state index in [-0.39, 0.29) is 0 Å². The average Bonchev–Trinajstić information content (AvgIpc) is 3.36. The lowest BCUT2D eigenvalue weighted by atomic mass is 9.99. The van der Waals surface area contributed by atoms with Crippen molar-refractivity contribution in [3.05, 3.63) is 77.2 Å². The topological polar surface area (TPSA) is 58.0 Å². The third kappa shape index (κ3) is 3.35. The van der Waals surface area contributed by atoms with Crippen molar-refractivity contribution >= 4 is 28.2 Å². The third-order valence-corrected chi connectivity index (χ3v) is 5.42. The molecule has 1 N–H and O–H groups in total. The van der Waals surface area contributed by atoms with Crippen molar-refractivity contribution in [1.82, 2.24) is 20.0 Å². The van der Waals surface area contributed by atoms with Crippen molar-refractivity contribution in [3.63, 3.8) is 0 Å². The van der Waals surface area contributed by atoms with Gasteiger partial charge in [-0.2, -0.15) is 0 Å². The zero-order chi connectivity index (χ0) is 18.9. The fraction of sp³-hybridized carbons (Fsp3) is 0.182. The first kappa shape index (κ1) is 17.2. The Morgan fingerprint density at radius 1 is 1.18 bits per heavy atom. The molecule has 0 spiro atoms. The predicted molar refractivity (Wildman–Crippen MR) is 111 cm³/mol. The van der Waals surface area contributed by atoms with Crippen molar-refractivity contribution < 1.29 is 4.52 Å². The third-order valence-electron chi connectivity index (χ3n) is 5.16. The minimum atomic E-state index is 0.713. The van der Waals surface area contributed by atoms with Crippen molar-refractivity contribution in [1.29, 1.82) is 0 Å². The summed E-state index contributed by atoms with van der Waals surface area (Å²) in [7, 11) is 0. The Bertz CT molecular complexity index is 1140. The van der Waals surface area contributed by atoms with Gasteiger partial charge >= 0.3 is 0 Å². The summed E-state index contributed by atoms with van der Waals surface area (Å²) in [6.07, 6.45) is 7.19. The van der Waals surface area contributed by atoms with Crippen LogP contribution in [0.5, 0.6) is 0 Å². The molecule has 4 heterocycles. The van der Waals surface area contributed by atoms with E-state index in [9.17, 15) is 0 Å². The number of nitrogens with zero attached hydrogens (tertiary/aromatic N) is 3. The highest BCUT2D eigenvalue weighted by Crippen LogP contribution is 2.29. The Morgan fingerprint density at radius 2 is 2.07 bits per heavy atom. The van der Waals surface area contributed by atoms with E-state index in [2.05, 4.69) is 38.4 Å². The average molecular weight is 391 g/mol. The van der Waals surface area contributed by atoms with E-state index in [0.29, 0.717) is 5.02 Å². The Labute approximate surface area is 167 Å². The molecule has 0 saturated heterocycles. The molecular formula is C22H19ClN4O. The highest BCUT2D eigenvalue weighted by molar-refractivity contribution is 6.30. The molecule has 4 aromatic rings. The maximum Gasteiger partial charge on any atom is 0.167 e.